The second-order valence-corrected chi connectivity index (χ2v) is 7.99. The first-order valence-electron chi connectivity index (χ1n) is 9.74. The monoisotopic (exact) mass is 433 g/mol. The number of nitro groups is 1. The molecule has 0 atom stereocenters. The van der Waals surface area contributed by atoms with Gasteiger partial charge in [0.2, 0.25) is 0 Å². The third-order valence-corrected chi connectivity index (χ3v) is 5.87. The van der Waals surface area contributed by atoms with Gasteiger partial charge >= 0.3 is 0 Å². The molecule has 0 bridgehead atoms. The molecule has 1 aromatic heterocycles. The molecule has 0 N–H and O–H groups in total. The lowest BCUT2D eigenvalue weighted by Gasteiger charge is -2.12. The predicted molar refractivity (Wildman–Crippen MR) is 120 cm³/mol. The van der Waals surface area contributed by atoms with E-state index in [9.17, 15) is 19.7 Å². The van der Waals surface area contributed by atoms with E-state index in [1.807, 2.05) is 47.0 Å². The van der Waals surface area contributed by atoms with E-state index in [0.717, 1.165) is 23.9 Å². The average Bonchev–Trinajstić information content (AvgIpc) is 3.34. The van der Waals surface area contributed by atoms with Crippen molar-refractivity contribution in [3.63, 3.8) is 0 Å². The normalized spacial score (nSPS) is 15.1. The zero-order chi connectivity index (χ0) is 21.8. The third-order valence-electron chi connectivity index (χ3n) is 4.96. The van der Waals surface area contributed by atoms with E-state index in [-0.39, 0.29) is 16.8 Å². The number of nitrogens with zero attached hydrogens (tertiary/aromatic N) is 3. The maximum Gasteiger partial charge on any atom is 0.293 e. The van der Waals surface area contributed by atoms with E-state index in [2.05, 4.69) is 0 Å². The molecule has 2 heterocycles. The molecule has 1 aliphatic heterocycles. The van der Waals surface area contributed by atoms with E-state index in [4.69, 9.17) is 0 Å². The number of amides is 2. The van der Waals surface area contributed by atoms with E-state index < -0.39 is 4.92 Å². The van der Waals surface area contributed by atoms with Crippen molar-refractivity contribution in [2.45, 2.75) is 12.8 Å². The summed E-state index contributed by atoms with van der Waals surface area (Å²) < 4.78 is 1.81. The van der Waals surface area contributed by atoms with Crippen LogP contribution in [-0.2, 0) is 11.2 Å². The fourth-order valence-corrected chi connectivity index (χ4v) is 4.24. The number of non-ortho nitro benzene ring substituents is 1. The van der Waals surface area contributed by atoms with Crippen LogP contribution in [-0.4, -0.2) is 32.1 Å². The first kappa shape index (κ1) is 20.6. The summed E-state index contributed by atoms with van der Waals surface area (Å²) in [6.07, 6.45) is 4.99. The van der Waals surface area contributed by atoms with Crippen LogP contribution >= 0.6 is 11.8 Å². The summed E-state index contributed by atoms with van der Waals surface area (Å²) in [4.78, 5) is 37.2. The van der Waals surface area contributed by atoms with E-state index in [1.54, 1.807) is 24.4 Å². The van der Waals surface area contributed by atoms with Crippen LogP contribution in [0.15, 0.2) is 77.8 Å². The van der Waals surface area contributed by atoms with Gasteiger partial charge in [-0.15, -0.1) is 0 Å². The van der Waals surface area contributed by atoms with Gasteiger partial charge in [0.25, 0.3) is 16.8 Å². The molecular formula is C23H19N3O4S. The molecule has 0 spiro atoms. The molecule has 2 aromatic carbocycles. The quantitative estimate of drug-likeness (QED) is 0.296. The fraction of sp³-hybridized carbons (Fsp3) is 0.130. The highest BCUT2D eigenvalue weighted by Crippen LogP contribution is 2.33. The number of carbonyl (C=O) groups is 2. The summed E-state index contributed by atoms with van der Waals surface area (Å²) >= 11 is 0.932. The molecule has 7 nitrogen and oxygen atoms in total. The number of carbonyl (C=O) groups excluding carboxylic acids is 2. The van der Waals surface area contributed by atoms with Gasteiger partial charge in [-0.1, -0.05) is 30.3 Å². The predicted octanol–water partition coefficient (Wildman–Crippen LogP) is 5.05. The van der Waals surface area contributed by atoms with Crippen LogP contribution < -0.4 is 0 Å². The van der Waals surface area contributed by atoms with Crippen LogP contribution in [0.1, 0.15) is 17.7 Å². The molecule has 4 rings (SSSR count). The Morgan fingerprint density at radius 1 is 0.968 bits per heavy atom. The van der Waals surface area contributed by atoms with Crippen LogP contribution in [0, 0.1) is 10.1 Å². The molecule has 1 aliphatic rings. The van der Waals surface area contributed by atoms with E-state index >= 15 is 0 Å². The summed E-state index contributed by atoms with van der Waals surface area (Å²) in [5.41, 5.74) is 2.62. The number of imide groups is 1. The van der Waals surface area contributed by atoms with Crippen LogP contribution in [0.2, 0.25) is 0 Å². The summed E-state index contributed by atoms with van der Waals surface area (Å²) in [6, 6.07) is 19.7. The van der Waals surface area contributed by atoms with Crippen molar-refractivity contribution in [3.05, 3.63) is 99.2 Å². The molecule has 0 unspecified atom stereocenters. The lowest BCUT2D eigenvalue weighted by atomic mass is 10.1. The standard InChI is InChI=1S/C23H19N3O4S/c27-22-21(31-23(28)25(22)15-4-8-17-6-2-1-3-7-17)16-20-9-5-14-24(20)18-10-12-19(13-11-18)26(29)30/h1-3,5-7,9-14,16H,4,8,15H2/b21-16+. The summed E-state index contributed by atoms with van der Waals surface area (Å²) in [7, 11) is 0. The molecule has 2 amide bonds. The Kier molecular flexibility index (Phi) is 5.99. The summed E-state index contributed by atoms with van der Waals surface area (Å²) in [5.74, 6) is -0.292. The molecule has 156 valence electrons. The number of benzene rings is 2. The minimum atomic E-state index is -0.450. The van der Waals surface area contributed by atoms with Gasteiger partial charge in [-0.05, 0) is 60.5 Å². The molecule has 1 fully saturated rings. The Hall–Kier alpha value is -3.65. The Bertz CT molecular complexity index is 1150. The highest BCUT2D eigenvalue weighted by atomic mass is 32.2. The van der Waals surface area contributed by atoms with Crippen molar-refractivity contribution < 1.29 is 14.5 Å². The van der Waals surface area contributed by atoms with Crippen LogP contribution in [0.4, 0.5) is 10.5 Å². The lowest BCUT2D eigenvalue weighted by Crippen LogP contribution is -2.29. The molecule has 31 heavy (non-hydrogen) atoms. The SMILES string of the molecule is O=C1S/C(=C/c2cccn2-c2ccc([N+](=O)[O-])cc2)C(=O)N1CCCc1ccccc1. The maximum atomic E-state index is 12.8. The molecule has 0 saturated carbocycles. The van der Waals surface area contributed by atoms with E-state index in [0.29, 0.717) is 23.6 Å². The second-order valence-electron chi connectivity index (χ2n) is 7.00. The van der Waals surface area contributed by atoms with E-state index in [1.165, 1.54) is 22.6 Å². The molecule has 8 heteroatoms. The van der Waals surface area contributed by atoms with Gasteiger partial charge in [-0.3, -0.25) is 24.6 Å². The zero-order valence-electron chi connectivity index (χ0n) is 16.5. The Balaban J connectivity index is 1.47. The fourth-order valence-electron chi connectivity index (χ4n) is 3.39. The lowest BCUT2D eigenvalue weighted by molar-refractivity contribution is -0.384. The molecular weight excluding hydrogens is 414 g/mol. The smallest absolute Gasteiger partial charge is 0.293 e. The van der Waals surface area contributed by atoms with Crippen molar-refractivity contribution in [2.75, 3.05) is 6.54 Å². The number of nitro benzene ring substituents is 1. The van der Waals surface area contributed by atoms with Gasteiger partial charge in [0.15, 0.2) is 0 Å². The van der Waals surface area contributed by atoms with Gasteiger partial charge in [-0.25, -0.2) is 0 Å². The first-order chi connectivity index (χ1) is 15.0. The minimum absolute atomic E-state index is 0.00841. The zero-order valence-corrected chi connectivity index (χ0v) is 17.3. The second kappa shape index (κ2) is 9.01. The highest BCUT2D eigenvalue weighted by molar-refractivity contribution is 8.18. The third kappa shape index (κ3) is 4.59. The number of aromatic nitrogens is 1. The maximum absolute atomic E-state index is 12.8. The Morgan fingerprint density at radius 3 is 2.42 bits per heavy atom. The van der Waals surface area contributed by atoms with Gasteiger partial charge in [0, 0.05) is 36.3 Å². The average molecular weight is 433 g/mol. The minimum Gasteiger partial charge on any atom is -0.317 e. The molecule has 1 saturated heterocycles. The number of hydrogen-bond donors (Lipinski definition) is 0. The summed E-state index contributed by atoms with van der Waals surface area (Å²) in [6.45, 7) is 0.375. The molecule has 0 aliphatic carbocycles. The van der Waals surface area contributed by atoms with Crippen molar-refractivity contribution >= 4 is 34.7 Å². The molecule has 0 radical (unpaired) electrons. The van der Waals surface area contributed by atoms with Gasteiger partial charge in [-0.2, -0.15) is 0 Å². The van der Waals surface area contributed by atoms with Gasteiger partial charge in [0.05, 0.1) is 9.83 Å². The van der Waals surface area contributed by atoms with Crippen LogP contribution in [0.5, 0.6) is 0 Å². The van der Waals surface area contributed by atoms with Crippen molar-refractivity contribution in [1.82, 2.24) is 9.47 Å². The van der Waals surface area contributed by atoms with Crippen LogP contribution in [0.3, 0.4) is 0 Å². The first-order valence-corrected chi connectivity index (χ1v) is 10.6. The number of rotatable bonds is 7. The van der Waals surface area contributed by atoms with Gasteiger partial charge < -0.3 is 4.57 Å². The molecule has 3 aromatic rings. The van der Waals surface area contributed by atoms with Crippen LogP contribution in [0.25, 0.3) is 11.8 Å². The number of aryl methyl sites for hydroxylation is 1. The Labute approximate surface area is 183 Å². The van der Waals surface area contributed by atoms with Crippen molar-refractivity contribution in [1.29, 1.82) is 0 Å². The number of hydrogen-bond acceptors (Lipinski definition) is 5. The van der Waals surface area contributed by atoms with Crippen molar-refractivity contribution in [3.8, 4) is 5.69 Å². The number of thioether (sulfide) groups is 1. The summed E-state index contributed by atoms with van der Waals surface area (Å²) in [5, 5.41) is 10.6. The Morgan fingerprint density at radius 2 is 1.71 bits per heavy atom. The van der Waals surface area contributed by atoms with Crippen molar-refractivity contribution in [2.24, 2.45) is 0 Å². The largest absolute Gasteiger partial charge is 0.317 e. The topological polar surface area (TPSA) is 85.5 Å². The highest BCUT2D eigenvalue weighted by Gasteiger charge is 2.34. The van der Waals surface area contributed by atoms with Gasteiger partial charge in [0.1, 0.15) is 0 Å².